The van der Waals surface area contributed by atoms with Crippen molar-refractivity contribution in [3.63, 3.8) is 0 Å². The molecule has 0 unspecified atom stereocenters. The second-order valence-electron chi connectivity index (χ2n) is 4.40. The highest BCUT2D eigenvalue weighted by Crippen LogP contribution is 2.27. The van der Waals surface area contributed by atoms with Gasteiger partial charge in [0.25, 0.3) is 0 Å². The lowest BCUT2D eigenvalue weighted by atomic mass is 10.1. The Morgan fingerprint density at radius 3 is 2.60 bits per heavy atom. The van der Waals surface area contributed by atoms with Gasteiger partial charge in [0, 0.05) is 21.2 Å². The molecule has 0 saturated carbocycles. The fraction of sp³-hybridized carbons (Fsp3) is 0.133. The van der Waals surface area contributed by atoms with E-state index in [2.05, 4.69) is 5.16 Å². The molecule has 0 amide bonds. The van der Waals surface area contributed by atoms with Crippen molar-refractivity contribution in [2.45, 2.75) is 17.6 Å². The Balaban J connectivity index is 2.20. The number of nitrogens with zero attached hydrogens (tertiary/aromatic N) is 1. The van der Waals surface area contributed by atoms with Gasteiger partial charge in [-0.1, -0.05) is 35.0 Å². The van der Waals surface area contributed by atoms with Gasteiger partial charge in [-0.2, -0.15) is 0 Å². The zero-order valence-electron chi connectivity index (χ0n) is 11.0. The van der Waals surface area contributed by atoms with Crippen LogP contribution >= 0.6 is 23.4 Å². The smallest absolute Gasteiger partial charge is 0.171 e. The molecule has 0 radical (unpaired) electrons. The van der Waals surface area contributed by atoms with Crippen LogP contribution in [0.4, 0.5) is 0 Å². The van der Waals surface area contributed by atoms with Gasteiger partial charge in [-0.05, 0) is 42.3 Å². The van der Waals surface area contributed by atoms with Crippen molar-refractivity contribution in [1.82, 2.24) is 0 Å². The summed E-state index contributed by atoms with van der Waals surface area (Å²) in [6.07, 6.45) is 0. The maximum Gasteiger partial charge on any atom is 0.171 e. The summed E-state index contributed by atoms with van der Waals surface area (Å²) >= 11 is 7.52. The van der Waals surface area contributed by atoms with Crippen LogP contribution in [0.1, 0.15) is 16.7 Å². The average molecular weight is 307 g/mol. The monoisotopic (exact) mass is 306 g/mol. The van der Waals surface area contributed by atoms with Gasteiger partial charge in [0.2, 0.25) is 0 Å². The predicted molar refractivity (Wildman–Crippen MR) is 84.7 cm³/mol. The average Bonchev–Trinajstić information content (AvgIpc) is 2.46. The Kier molecular flexibility index (Phi) is 4.93. The minimum atomic E-state index is 0.128. The number of benzene rings is 2. The first-order chi connectivity index (χ1) is 9.60. The molecule has 0 spiro atoms. The zero-order chi connectivity index (χ0) is 14.5. The number of hydrogen-bond acceptors (Lipinski definition) is 3. The Morgan fingerprint density at radius 1 is 1.25 bits per heavy atom. The molecule has 20 heavy (non-hydrogen) atoms. The van der Waals surface area contributed by atoms with Gasteiger partial charge in [0.1, 0.15) is 0 Å². The summed E-state index contributed by atoms with van der Waals surface area (Å²) < 4.78 is 0. The van der Waals surface area contributed by atoms with Crippen molar-refractivity contribution in [2.24, 2.45) is 10.9 Å². The van der Waals surface area contributed by atoms with Crippen LogP contribution in [0.15, 0.2) is 52.5 Å². The molecule has 0 atom stereocenters. The summed E-state index contributed by atoms with van der Waals surface area (Å²) in [5, 5.41) is 12.6. The fourth-order valence-corrected chi connectivity index (χ4v) is 2.99. The van der Waals surface area contributed by atoms with Gasteiger partial charge < -0.3 is 10.9 Å². The summed E-state index contributed by atoms with van der Waals surface area (Å²) in [6, 6.07) is 13.6. The Labute approximate surface area is 127 Å². The van der Waals surface area contributed by atoms with E-state index in [1.165, 1.54) is 5.56 Å². The minimum Gasteiger partial charge on any atom is -0.409 e. The molecule has 0 aliphatic carbocycles. The summed E-state index contributed by atoms with van der Waals surface area (Å²) in [5.41, 5.74) is 8.76. The van der Waals surface area contributed by atoms with Crippen LogP contribution in [0.2, 0.25) is 5.02 Å². The quantitative estimate of drug-likeness (QED) is 0.295. The van der Waals surface area contributed by atoms with Crippen LogP contribution in [0.3, 0.4) is 0 Å². The largest absolute Gasteiger partial charge is 0.409 e. The van der Waals surface area contributed by atoms with E-state index in [0.29, 0.717) is 0 Å². The molecular weight excluding hydrogens is 292 g/mol. The van der Waals surface area contributed by atoms with Crippen LogP contribution in [-0.4, -0.2) is 11.0 Å². The van der Waals surface area contributed by atoms with Crippen LogP contribution in [0.25, 0.3) is 0 Å². The molecule has 104 valence electrons. The van der Waals surface area contributed by atoms with Gasteiger partial charge in [-0.3, -0.25) is 0 Å². The lowest BCUT2D eigenvalue weighted by Gasteiger charge is -2.09. The summed E-state index contributed by atoms with van der Waals surface area (Å²) in [7, 11) is 0. The van der Waals surface area contributed by atoms with Crippen molar-refractivity contribution < 1.29 is 5.21 Å². The molecule has 2 aromatic rings. The molecule has 0 aliphatic heterocycles. The van der Waals surface area contributed by atoms with Gasteiger partial charge in [0.05, 0.1) is 0 Å². The number of oxime groups is 1. The molecule has 5 heteroatoms. The number of rotatable bonds is 4. The van der Waals surface area contributed by atoms with E-state index in [1.54, 1.807) is 11.8 Å². The van der Waals surface area contributed by atoms with E-state index in [0.717, 1.165) is 26.8 Å². The predicted octanol–water partition coefficient (Wildman–Crippen LogP) is 4.04. The molecule has 0 aliphatic rings. The third kappa shape index (κ3) is 3.68. The Morgan fingerprint density at radius 2 is 1.95 bits per heavy atom. The van der Waals surface area contributed by atoms with E-state index in [-0.39, 0.29) is 5.84 Å². The molecule has 2 rings (SSSR count). The lowest BCUT2D eigenvalue weighted by Crippen LogP contribution is -2.14. The normalized spacial score (nSPS) is 11.6. The van der Waals surface area contributed by atoms with Crippen molar-refractivity contribution in [3.8, 4) is 0 Å². The SMILES string of the molecule is Cc1ccc(/C(N)=N/O)c(SCc2ccc(Cl)cc2)c1. The number of halogens is 1. The van der Waals surface area contributed by atoms with Crippen LogP contribution in [-0.2, 0) is 5.75 Å². The van der Waals surface area contributed by atoms with E-state index in [1.807, 2.05) is 49.4 Å². The highest BCUT2D eigenvalue weighted by atomic mass is 35.5. The second kappa shape index (κ2) is 6.68. The van der Waals surface area contributed by atoms with Gasteiger partial charge in [-0.25, -0.2) is 0 Å². The molecular formula is C15H15ClN2OS. The first-order valence-corrected chi connectivity index (χ1v) is 7.42. The number of nitrogens with two attached hydrogens (primary N) is 1. The minimum absolute atomic E-state index is 0.128. The van der Waals surface area contributed by atoms with Crippen molar-refractivity contribution in [3.05, 3.63) is 64.2 Å². The van der Waals surface area contributed by atoms with Gasteiger partial charge in [0.15, 0.2) is 5.84 Å². The molecule has 0 bridgehead atoms. The Bertz CT molecular complexity index is 626. The van der Waals surface area contributed by atoms with Crippen molar-refractivity contribution in [1.29, 1.82) is 0 Å². The molecule has 0 fully saturated rings. The number of hydrogen-bond donors (Lipinski definition) is 2. The number of thioether (sulfide) groups is 1. The summed E-state index contributed by atoms with van der Waals surface area (Å²) in [6.45, 7) is 2.02. The number of amidine groups is 1. The highest BCUT2D eigenvalue weighted by Gasteiger charge is 2.08. The molecule has 0 heterocycles. The second-order valence-corrected chi connectivity index (χ2v) is 5.85. The first kappa shape index (κ1) is 14.8. The molecule has 3 N–H and O–H groups in total. The maximum atomic E-state index is 8.84. The molecule has 3 nitrogen and oxygen atoms in total. The van der Waals surface area contributed by atoms with Crippen LogP contribution in [0.5, 0.6) is 0 Å². The van der Waals surface area contributed by atoms with Gasteiger partial charge >= 0.3 is 0 Å². The lowest BCUT2D eigenvalue weighted by molar-refractivity contribution is 0.318. The van der Waals surface area contributed by atoms with Crippen LogP contribution < -0.4 is 5.73 Å². The topological polar surface area (TPSA) is 58.6 Å². The van der Waals surface area contributed by atoms with Crippen LogP contribution in [0, 0.1) is 6.92 Å². The van der Waals surface area contributed by atoms with E-state index in [9.17, 15) is 0 Å². The fourth-order valence-electron chi connectivity index (χ4n) is 1.76. The zero-order valence-corrected chi connectivity index (χ0v) is 12.6. The molecule has 0 aromatic heterocycles. The molecule has 2 aromatic carbocycles. The first-order valence-electron chi connectivity index (χ1n) is 6.06. The summed E-state index contributed by atoms with van der Waals surface area (Å²) in [5.74, 6) is 0.926. The van der Waals surface area contributed by atoms with E-state index >= 15 is 0 Å². The molecule has 0 saturated heterocycles. The van der Waals surface area contributed by atoms with Crippen molar-refractivity contribution in [2.75, 3.05) is 0 Å². The van der Waals surface area contributed by atoms with E-state index < -0.39 is 0 Å². The highest BCUT2D eigenvalue weighted by molar-refractivity contribution is 7.98. The van der Waals surface area contributed by atoms with E-state index in [4.69, 9.17) is 22.5 Å². The Hall–Kier alpha value is -1.65. The third-order valence-electron chi connectivity index (χ3n) is 2.83. The summed E-state index contributed by atoms with van der Waals surface area (Å²) in [4.78, 5) is 0.996. The maximum absolute atomic E-state index is 8.84. The number of aryl methyl sites for hydroxylation is 1. The van der Waals surface area contributed by atoms with Crippen molar-refractivity contribution >= 4 is 29.2 Å². The third-order valence-corrected chi connectivity index (χ3v) is 4.21. The standard InChI is InChI=1S/C15H15ClN2OS/c1-10-2-7-13(15(17)18-19)14(8-10)20-9-11-3-5-12(16)6-4-11/h2-8,19H,9H2,1H3,(H2,17,18). The van der Waals surface area contributed by atoms with Gasteiger partial charge in [-0.15, -0.1) is 11.8 Å².